The van der Waals surface area contributed by atoms with Gasteiger partial charge in [0.1, 0.15) is 12.4 Å². The molecule has 1 aliphatic rings. The molecule has 0 saturated heterocycles. The van der Waals surface area contributed by atoms with E-state index in [1.807, 2.05) is 6.08 Å². The van der Waals surface area contributed by atoms with Crippen LogP contribution in [-0.4, -0.2) is 15.4 Å². The standard InChI is InChI=1S/C22H31OSi/c1-9-12-23-21-18(13-15(2)14-19(21)22(4,5)6)17-10-11-20(16(17)3)24(7)8/h9-10,13-14H,1,11-12H2,2-8H3. The van der Waals surface area contributed by atoms with Gasteiger partial charge in [0, 0.05) is 11.1 Å². The van der Waals surface area contributed by atoms with Crippen molar-refractivity contribution in [2.75, 3.05) is 6.61 Å². The molecule has 129 valence electrons. The Bertz CT molecular complexity index is 699. The molecule has 1 nitrogen and oxygen atoms in total. The zero-order valence-electron chi connectivity index (χ0n) is 16.3. The number of aryl methyl sites for hydroxylation is 1. The fourth-order valence-electron chi connectivity index (χ4n) is 3.39. The van der Waals surface area contributed by atoms with Crippen LogP contribution in [0.2, 0.25) is 13.1 Å². The minimum Gasteiger partial charge on any atom is -0.489 e. The zero-order valence-corrected chi connectivity index (χ0v) is 17.3. The summed E-state index contributed by atoms with van der Waals surface area (Å²) in [6.45, 7) is 20.3. The van der Waals surface area contributed by atoms with Crippen LogP contribution in [0.1, 0.15) is 50.8 Å². The largest absolute Gasteiger partial charge is 0.489 e. The quantitative estimate of drug-likeness (QED) is 0.455. The molecule has 0 heterocycles. The summed E-state index contributed by atoms with van der Waals surface area (Å²) in [5.74, 6) is 1.03. The van der Waals surface area contributed by atoms with Gasteiger partial charge in [-0.05, 0) is 48.5 Å². The molecule has 2 rings (SSSR count). The van der Waals surface area contributed by atoms with E-state index in [0.717, 1.165) is 12.2 Å². The Morgan fingerprint density at radius 1 is 1.21 bits per heavy atom. The highest BCUT2D eigenvalue weighted by molar-refractivity contribution is 6.64. The monoisotopic (exact) mass is 339 g/mol. The first-order chi connectivity index (χ1) is 11.2. The number of hydrogen-bond acceptors (Lipinski definition) is 1. The summed E-state index contributed by atoms with van der Waals surface area (Å²) in [6.07, 6.45) is 5.32. The molecule has 0 fully saturated rings. The summed E-state index contributed by atoms with van der Waals surface area (Å²) in [6, 6.07) is 4.55. The third kappa shape index (κ3) is 3.75. The van der Waals surface area contributed by atoms with Crippen LogP contribution in [0.25, 0.3) is 5.57 Å². The van der Waals surface area contributed by atoms with Crippen LogP contribution in [-0.2, 0) is 5.41 Å². The van der Waals surface area contributed by atoms with E-state index >= 15 is 0 Å². The third-order valence-corrected chi connectivity index (χ3v) is 6.43. The number of benzene rings is 1. The molecule has 0 bridgehead atoms. The first-order valence-corrected chi connectivity index (χ1v) is 11.3. The molecule has 1 aromatic rings. The SMILES string of the molecule is C=CCOc1c(C2=CCC([Si](C)C)=C2C)cc(C)cc1C(C)(C)C. The fourth-order valence-corrected chi connectivity index (χ4v) is 4.79. The summed E-state index contributed by atoms with van der Waals surface area (Å²) in [5.41, 5.74) is 6.69. The van der Waals surface area contributed by atoms with Crippen LogP contribution in [0.3, 0.4) is 0 Å². The maximum Gasteiger partial charge on any atom is 0.131 e. The van der Waals surface area contributed by atoms with Crippen LogP contribution in [0.5, 0.6) is 5.75 Å². The molecular weight excluding hydrogens is 308 g/mol. The average Bonchev–Trinajstić information content (AvgIpc) is 2.86. The normalized spacial score (nSPS) is 15.1. The highest BCUT2D eigenvalue weighted by Crippen LogP contribution is 2.43. The van der Waals surface area contributed by atoms with E-state index < -0.39 is 8.80 Å². The lowest BCUT2D eigenvalue weighted by molar-refractivity contribution is 0.350. The van der Waals surface area contributed by atoms with E-state index in [2.05, 4.69) is 72.5 Å². The maximum atomic E-state index is 6.18. The molecule has 0 unspecified atom stereocenters. The molecule has 0 aliphatic heterocycles. The van der Waals surface area contributed by atoms with Crippen molar-refractivity contribution in [1.82, 2.24) is 0 Å². The predicted octanol–water partition coefficient (Wildman–Crippen LogP) is 6.25. The highest BCUT2D eigenvalue weighted by Gasteiger charge is 2.26. The Labute approximate surface area is 149 Å². The minimum absolute atomic E-state index is 0.0430. The molecule has 1 aromatic carbocycles. The Hall–Kier alpha value is -1.54. The molecule has 0 N–H and O–H groups in total. The maximum absolute atomic E-state index is 6.18. The summed E-state index contributed by atoms with van der Waals surface area (Å²) in [5, 5.41) is 1.64. The van der Waals surface area contributed by atoms with Crippen molar-refractivity contribution in [2.24, 2.45) is 0 Å². The predicted molar refractivity (Wildman–Crippen MR) is 108 cm³/mol. The van der Waals surface area contributed by atoms with Gasteiger partial charge in [0.15, 0.2) is 0 Å². The molecule has 2 heteroatoms. The molecule has 0 spiro atoms. The van der Waals surface area contributed by atoms with E-state index in [9.17, 15) is 0 Å². The van der Waals surface area contributed by atoms with Gasteiger partial charge in [-0.15, -0.1) is 0 Å². The zero-order chi connectivity index (χ0) is 18.1. The van der Waals surface area contributed by atoms with E-state index in [1.54, 1.807) is 5.20 Å². The van der Waals surface area contributed by atoms with E-state index in [1.165, 1.54) is 27.8 Å². The van der Waals surface area contributed by atoms with Crippen LogP contribution < -0.4 is 4.74 Å². The molecule has 1 aliphatic carbocycles. The number of rotatable bonds is 5. The molecular formula is C22H31OSi. The second-order valence-electron chi connectivity index (χ2n) is 7.96. The second kappa shape index (κ2) is 7.14. The topological polar surface area (TPSA) is 9.23 Å². The third-order valence-electron chi connectivity index (χ3n) is 4.65. The van der Waals surface area contributed by atoms with Crippen LogP contribution in [0.4, 0.5) is 0 Å². The number of hydrogen-bond donors (Lipinski definition) is 0. The van der Waals surface area contributed by atoms with Crippen molar-refractivity contribution in [3.63, 3.8) is 0 Å². The lowest BCUT2D eigenvalue weighted by Crippen LogP contribution is -2.15. The lowest BCUT2D eigenvalue weighted by Gasteiger charge is -2.26. The molecule has 1 radical (unpaired) electrons. The number of allylic oxidation sites excluding steroid dienone is 4. The Morgan fingerprint density at radius 2 is 1.88 bits per heavy atom. The van der Waals surface area contributed by atoms with E-state index in [0.29, 0.717) is 6.61 Å². The van der Waals surface area contributed by atoms with Gasteiger partial charge >= 0.3 is 0 Å². The van der Waals surface area contributed by atoms with Crippen LogP contribution >= 0.6 is 0 Å². The minimum atomic E-state index is -0.407. The summed E-state index contributed by atoms with van der Waals surface area (Å²) in [4.78, 5) is 0. The Kier molecular flexibility index (Phi) is 5.59. The van der Waals surface area contributed by atoms with Gasteiger partial charge in [-0.25, -0.2) is 0 Å². The van der Waals surface area contributed by atoms with Gasteiger partial charge in [0.2, 0.25) is 0 Å². The smallest absolute Gasteiger partial charge is 0.131 e. The van der Waals surface area contributed by atoms with Crippen molar-refractivity contribution in [1.29, 1.82) is 0 Å². The van der Waals surface area contributed by atoms with Crippen molar-refractivity contribution >= 4 is 14.4 Å². The van der Waals surface area contributed by atoms with Crippen molar-refractivity contribution in [3.05, 3.63) is 58.3 Å². The van der Waals surface area contributed by atoms with Gasteiger partial charge in [0.25, 0.3) is 0 Å². The van der Waals surface area contributed by atoms with Crippen molar-refractivity contribution < 1.29 is 4.74 Å². The van der Waals surface area contributed by atoms with Gasteiger partial charge in [-0.2, -0.15) is 0 Å². The summed E-state index contributed by atoms with van der Waals surface area (Å²) < 4.78 is 6.18. The Morgan fingerprint density at radius 3 is 2.38 bits per heavy atom. The highest BCUT2D eigenvalue weighted by atomic mass is 28.3. The molecule has 0 amide bonds. The first kappa shape index (κ1) is 18.8. The number of ether oxygens (including phenoxy) is 1. The van der Waals surface area contributed by atoms with Crippen LogP contribution in [0.15, 0.2) is 41.6 Å². The molecule has 0 aromatic heterocycles. The lowest BCUT2D eigenvalue weighted by atomic mass is 9.82. The summed E-state index contributed by atoms with van der Waals surface area (Å²) in [7, 11) is -0.407. The second-order valence-corrected chi connectivity index (χ2v) is 10.6. The van der Waals surface area contributed by atoms with Gasteiger partial charge < -0.3 is 4.74 Å². The molecule has 0 atom stereocenters. The average molecular weight is 340 g/mol. The molecule has 24 heavy (non-hydrogen) atoms. The van der Waals surface area contributed by atoms with Crippen LogP contribution in [0, 0.1) is 6.92 Å². The Balaban J connectivity index is 2.66. The van der Waals surface area contributed by atoms with Gasteiger partial charge in [-0.3, -0.25) is 0 Å². The van der Waals surface area contributed by atoms with E-state index in [-0.39, 0.29) is 5.41 Å². The summed E-state index contributed by atoms with van der Waals surface area (Å²) >= 11 is 0. The van der Waals surface area contributed by atoms with Crippen molar-refractivity contribution in [3.8, 4) is 5.75 Å². The first-order valence-electron chi connectivity index (χ1n) is 8.76. The van der Waals surface area contributed by atoms with Gasteiger partial charge in [0.05, 0.1) is 8.80 Å². The van der Waals surface area contributed by atoms with Gasteiger partial charge in [-0.1, -0.05) is 63.9 Å². The van der Waals surface area contributed by atoms with Crippen molar-refractivity contribution in [2.45, 2.75) is 59.5 Å². The fraction of sp³-hybridized carbons (Fsp3) is 0.455. The van der Waals surface area contributed by atoms with E-state index in [4.69, 9.17) is 4.74 Å². The molecule has 0 saturated carbocycles.